The number of nitrogens with zero attached hydrogens (tertiary/aromatic N) is 3. The van der Waals surface area contributed by atoms with Gasteiger partial charge < -0.3 is 5.32 Å². The second-order valence-corrected chi connectivity index (χ2v) is 6.24. The Hall–Kier alpha value is -2.76. The van der Waals surface area contributed by atoms with Gasteiger partial charge in [-0.25, -0.2) is 4.98 Å². The van der Waals surface area contributed by atoms with Crippen LogP contribution in [0.15, 0.2) is 36.5 Å². The third kappa shape index (κ3) is 2.99. The fourth-order valence-corrected chi connectivity index (χ4v) is 3.27. The maximum Gasteiger partial charge on any atom is 0.277 e. The van der Waals surface area contributed by atoms with E-state index in [9.17, 15) is 4.79 Å². The van der Waals surface area contributed by atoms with E-state index in [2.05, 4.69) is 25.5 Å². The molecule has 24 heavy (non-hydrogen) atoms. The van der Waals surface area contributed by atoms with Gasteiger partial charge in [0, 0.05) is 17.7 Å². The zero-order valence-electron chi connectivity index (χ0n) is 13.3. The fraction of sp³-hybridized carbons (Fsp3) is 0.333. The molecule has 1 amide bonds. The lowest BCUT2D eigenvalue weighted by atomic mass is 9.87. The van der Waals surface area contributed by atoms with E-state index in [1.807, 2.05) is 30.3 Å². The number of amides is 1. The van der Waals surface area contributed by atoms with Gasteiger partial charge in [-0.3, -0.25) is 14.9 Å². The molecule has 0 atom stereocenters. The third-order valence-electron chi connectivity index (χ3n) is 4.57. The lowest BCUT2D eigenvalue weighted by Crippen LogP contribution is -2.14. The molecular weight excluding hydrogens is 302 g/mol. The van der Waals surface area contributed by atoms with Crippen molar-refractivity contribution in [2.75, 3.05) is 5.32 Å². The average Bonchev–Trinajstić information content (AvgIpc) is 3.10. The van der Waals surface area contributed by atoms with E-state index >= 15 is 0 Å². The molecule has 0 radical (unpaired) electrons. The molecule has 1 aliphatic carbocycles. The van der Waals surface area contributed by atoms with Crippen LogP contribution in [0.4, 0.5) is 5.82 Å². The van der Waals surface area contributed by atoms with E-state index in [-0.39, 0.29) is 11.6 Å². The maximum atomic E-state index is 12.4. The van der Waals surface area contributed by atoms with E-state index in [0.29, 0.717) is 17.3 Å². The molecule has 1 fully saturated rings. The molecule has 1 aromatic carbocycles. The number of hydrogen-bond acceptors (Lipinski definition) is 4. The summed E-state index contributed by atoms with van der Waals surface area (Å²) in [5.74, 6) is 0.767. The lowest BCUT2D eigenvalue weighted by Gasteiger charge is -2.19. The van der Waals surface area contributed by atoms with Gasteiger partial charge in [0.05, 0.1) is 17.2 Å². The van der Waals surface area contributed by atoms with Crippen LogP contribution in [0.5, 0.6) is 0 Å². The minimum Gasteiger partial charge on any atom is -0.304 e. The number of fused-ring (bicyclic) bond motifs is 1. The monoisotopic (exact) mass is 321 g/mol. The summed E-state index contributed by atoms with van der Waals surface area (Å²) in [5, 5.41) is 10.1. The maximum absolute atomic E-state index is 12.4. The summed E-state index contributed by atoms with van der Waals surface area (Å²) in [7, 11) is 0. The third-order valence-corrected chi connectivity index (χ3v) is 4.57. The number of rotatable bonds is 3. The van der Waals surface area contributed by atoms with Crippen molar-refractivity contribution in [2.24, 2.45) is 0 Å². The van der Waals surface area contributed by atoms with Crippen molar-refractivity contribution in [3.63, 3.8) is 0 Å². The van der Waals surface area contributed by atoms with Gasteiger partial charge in [-0.1, -0.05) is 31.4 Å². The highest BCUT2D eigenvalue weighted by atomic mass is 16.2. The molecule has 0 bridgehead atoms. The lowest BCUT2D eigenvalue weighted by molar-refractivity contribution is 0.102. The van der Waals surface area contributed by atoms with E-state index in [1.165, 1.54) is 38.3 Å². The average molecular weight is 321 g/mol. The van der Waals surface area contributed by atoms with Crippen LogP contribution in [0.1, 0.15) is 54.2 Å². The molecule has 3 aromatic rings. The first-order valence-corrected chi connectivity index (χ1v) is 8.38. The SMILES string of the molecule is O=C(Nc1cc(C2CCCCC2)[nH]n1)c1cnc2ccccc2n1. The summed E-state index contributed by atoms with van der Waals surface area (Å²) >= 11 is 0. The van der Waals surface area contributed by atoms with E-state index in [1.54, 1.807) is 0 Å². The van der Waals surface area contributed by atoms with Crippen molar-refractivity contribution in [1.29, 1.82) is 0 Å². The number of aromatic nitrogens is 4. The molecular formula is C18H19N5O. The molecule has 6 heteroatoms. The van der Waals surface area contributed by atoms with Gasteiger partial charge in [-0.2, -0.15) is 5.10 Å². The normalized spacial score (nSPS) is 15.5. The van der Waals surface area contributed by atoms with E-state index in [4.69, 9.17) is 0 Å². The van der Waals surface area contributed by atoms with Gasteiger partial charge in [0.15, 0.2) is 5.82 Å². The first-order valence-electron chi connectivity index (χ1n) is 8.38. The zero-order valence-corrected chi connectivity index (χ0v) is 13.3. The molecule has 0 aliphatic heterocycles. The van der Waals surface area contributed by atoms with Gasteiger partial charge in [-0.15, -0.1) is 0 Å². The molecule has 1 aliphatic rings. The highest BCUT2D eigenvalue weighted by Crippen LogP contribution is 2.32. The Labute approximate surface area is 139 Å². The minimum absolute atomic E-state index is 0.288. The second kappa shape index (κ2) is 6.39. The summed E-state index contributed by atoms with van der Waals surface area (Å²) in [6.45, 7) is 0. The van der Waals surface area contributed by atoms with Gasteiger partial charge in [0.25, 0.3) is 5.91 Å². The first kappa shape index (κ1) is 14.8. The highest BCUT2D eigenvalue weighted by molar-refractivity contribution is 6.03. The van der Waals surface area contributed by atoms with Crippen molar-refractivity contribution < 1.29 is 4.79 Å². The standard InChI is InChI=1S/C18H19N5O/c24-18(16-11-19-13-8-4-5-9-14(13)20-16)21-17-10-15(22-23-17)12-6-2-1-3-7-12/h4-5,8-12H,1-3,6-7H2,(H2,21,22,23,24). The Balaban J connectivity index is 1.49. The summed E-state index contributed by atoms with van der Waals surface area (Å²) in [4.78, 5) is 21.0. The van der Waals surface area contributed by atoms with Crippen LogP contribution in [-0.4, -0.2) is 26.1 Å². The van der Waals surface area contributed by atoms with E-state index < -0.39 is 0 Å². The van der Waals surface area contributed by atoms with Crippen LogP contribution >= 0.6 is 0 Å². The Kier molecular flexibility index (Phi) is 3.94. The smallest absolute Gasteiger partial charge is 0.277 e. The quantitative estimate of drug-likeness (QED) is 0.771. The number of nitrogens with one attached hydrogen (secondary N) is 2. The fourth-order valence-electron chi connectivity index (χ4n) is 3.27. The molecule has 2 N–H and O–H groups in total. The number of H-pyrrole nitrogens is 1. The number of carbonyl (C=O) groups is 1. The molecule has 4 rings (SSSR count). The molecule has 2 aromatic heterocycles. The Morgan fingerprint density at radius 3 is 2.75 bits per heavy atom. The summed E-state index contributed by atoms with van der Waals surface area (Å²) in [6, 6.07) is 9.42. The molecule has 122 valence electrons. The van der Waals surface area contributed by atoms with Crippen molar-refractivity contribution in [1.82, 2.24) is 20.2 Å². The minimum atomic E-state index is -0.296. The van der Waals surface area contributed by atoms with Gasteiger partial charge in [-0.05, 0) is 25.0 Å². The number of aromatic amines is 1. The second-order valence-electron chi connectivity index (χ2n) is 6.24. The van der Waals surface area contributed by atoms with Crippen LogP contribution in [0.25, 0.3) is 11.0 Å². The Morgan fingerprint density at radius 1 is 1.12 bits per heavy atom. The van der Waals surface area contributed by atoms with Crippen molar-refractivity contribution >= 4 is 22.8 Å². The van der Waals surface area contributed by atoms with Gasteiger partial charge >= 0.3 is 0 Å². The number of para-hydroxylation sites is 2. The van der Waals surface area contributed by atoms with E-state index in [0.717, 1.165) is 11.2 Å². The van der Waals surface area contributed by atoms with Crippen LogP contribution < -0.4 is 5.32 Å². The Morgan fingerprint density at radius 2 is 1.92 bits per heavy atom. The summed E-state index contributed by atoms with van der Waals surface area (Å²) in [5.41, 5.74) is 2.87. The van der Waals surface area contributed by atoms with Crippen LogP contribution in [-0.2, 0) is 0 Å². The highest BCUT2D eigenvalue weighted by Gasteiger charge is 2.18. The molecule has 1 saturated carbocycles. The predicted octanol–water partition coefficient (Wildman–Crippen LogP) is 3.65. The van der Waals surface area contributed by atoms with Crippen molar-refractivity contribution in [2.45, 2.75) is 38.0 Å². The molecule has 0 unspecified atom stereocenters. The summed E-state index contributed by atoms with van der Waals surface area (Å²) < 4.78 is 0. The largest absolute Gasteiger partial charge is 0.304 e. The number of benzene rings is 1. The van der Waals surface area contributed by atoms with Crippen LogP contribution in [0.3, 0.4) is 0 Å². The number of anilines is 1. The van der Waals surface area contributed by atoms with Crippen molar-refractivity contribution in [3.05, 3.63) is 47.9 Å². The molecule has 0 spiro atoms. The molecule has 0 saturated heterocycles. The molecule has 2 heterocycles. The summed E-state index contributed by atoms with van der Waals surface area (Å²) in [6.07, 6.45) is 7.70. The predicted molar refractivity (Wildman–Crippen MR) is 91.9 cm³/mol. The number of carbonyl (C=O) groups excluding carboxylic acids is 1. The Bertz CT molecular complexity index is 866. The molecule has 6 nitrogen and oxygen atoms in total. The van der Waals surface area contributed by atoms with Crippen molar-refractivity contribution in [3.8, 4) is 0 Å². The van der Waals surface area contributed by atoms with Crippen LogP contribution in [0, 0.1) is 0 Å². The van der Waals surface area contributed by atoms with Crippen LogP contribution in [0.2, 0.25) is 0 Å². The first-order chi connectivity index (χ1) is 11.8. The zero-order chi connectivity index (χ0) is 16.4. The van der Waals surface area contributed by atoms with Gasteiger partial charge in [0.1, 0.15) is 5.69 Å². The topological polar surface area (TPSA) is 83.6 Å². The van der Waals surface area contributed by atoms with Gasteiger partial charge in [0.2, 0.25) is 0 Å². The number of hydrogen-bond donors (Lipinski definition) is 2.